The summed E-state index contributed by atoms with van der Waals surface area (Å²) < 4.78 is 11.1. The van der Waals surface area contributed by atoms with Gasteiger partial charge in [0.2, 0.25) is 0 Å². The third-order valence-corrected chi connectivity index (χ3v) is 4.18. The van der Waals surface area contributed by atoms with Gasteiger partial charge in [-0.3, -0.25) is 0 Å². The number of rotatable bonds is 3. The van der Waals surface area contributed by atoms with E-state index in [2.05, 4.69) is 0 Å². The molecule has 18 heavy (non-hydrogen) atoms. The fraction of sp³-hybridized carbons (Fsp3) is 0.538. The van der Waals surface area contributed by atoms with Crippen LogP contribution in [0.25, 0.3) is 0 Å². The number of halogens is 2. The van der Waals surface area contributed by atoms with E-state index in [0.29, 0.717) is 23.3 Å². The van der Waals surface area contributed by atoms with E-state index in [-0.39, 0.29) is 6.04 Å². The van der Waals surface area contributed by atoms with Crippen LogP contribution < -0.4 is 5.73 Å². The van der Waals surface area contributed by atoms with Gasteiger partial charge in [-0.2, -0.15) is 0 Å². The van der Waals surface area contributed by atoms with Gasteiger partial charge in [-0.25, -0.2) is 0 Å². The van der Waals surface area contributed by atoms with Crippen molar-refractivity contribution in [3.8, 4) is 0 Å². The van der Waals surface area contributed by atoms with Crippen molar-refractivity contribution in [2.24, 2.45) is 5.73 Å². The Hall–Kier alpha value is -0.320. The fourth-order valence-corrected chi connectivity index (χ4v) is 2.81. The van der Waals surface area contributed by atoms with Crippen molar-refractivity contribution in [1.29, 1.82) is 0 Å². The molecule has 0 spiro atoms. The molecule has 0 amide bonds. The Morgan fingerprint density at radius 2 is 2.00 bits per heavy atom. The second kappa shape index (κ2) is 5.76. The van der Waals surface area contributed by atoms with Crippen LogP contribution in [0.2, 0.25) is 10.0 Å². The Kier molecular flexibility index (Phi) is 4.51. The third kappa shape index (κ3) is 2.65. The molecule has 0 aliphatic carbocycles. The molecule has 0 saturated carbocycles. The quantitative estimate of drug-likeness (QED) is 0.929. The van der Waals surface area contributed by atoms with Crippen molar-refractivity contribution in [3.63, 3.8) is 0 Å². The van der Waals surface area contributed by atoms with E-state index in [1.54, 1.807) is 19.2 Å². The van der Waals surface area contributed by atoms with Crippen molar-refractivity contribution in [1.82, 2.24) is 0 Å². The number of benzene rings is 1. The first-order chi connectivity index (χ1) is 8.59. The van der Waals surface area contributed by atoms with Crippen LogP contribution in [0.15, 0.2) is 18.2 Å². The van der Waals surface area contributed by atoms with E-state index < -0.39 is 5.60 Å². The monoisotopic (exact) mass is 289 g/mol. The summed E-state index contributed by atoms with van der Waals surface area (Å²) in [7, 11) is 1.68. The summed E-state index contributed by atoms with van der Waals surface area (Å²) >= 11 is 12.2. The number of ether oxygens (including phenoxy) is 2. The molecule has 1 saturated heterocycles. The predicted molar refractivity (Wildman–Crippen MR) is 73.2 cm³/mol. The summed E-state index contributed by atoms with van der Waals surface area (Å²) in [5.74, 6) is 0. The summed E-state index contributed by atoms with van der Waals surface area (Å²) in [6, 6.07) is 5.02. The summed E-state index contributed by atoms with van der Waals surface area (Å²) in [4.78, 5) is 0. The highest BCUT2D eigenvalue weighted by Gasteiger charge is 2.40. The second-order valence-corrected chi connectivity index (χ2v) is 5.37. The average molecular weight is 290 g/mol. The van der Waals surface area contributed by atoms with Gasteiger partial charge in [0.25, 0.3) is 0 Å². The van der Waals surface area contributed by atoms with Crippen LogP contribution in [0.1, 0.15) is 24.4 Å². The third-order valence-electron chi connectivity index (χ3n) is 3.61. The topological polar surface area (TPSA) is 44.5 Å². The molecular formula is C13H17Cl2NO2. The van der Waals surface area contributed by atoms with Crippen LogP contribution in [0.3, 0.4) is 0 Å². The Balaban J connectivity index is 2.33. The van der Waals surface area contributed by atoms with E-state index in [9.17, 15) is 0 Å². The second-order valence-electron chi connectivity index (χ2n) is 4.52. The maximum absolute atomic E-state index is 6.36. The highest BCUT2D eigenvalue weighted by Crippen LogP contribution is 2.38. The van der Waals surface area contributed by atoms with E-state index in [4.69, 9.17) is 38.4 Å². The molecule has 2 N–H and O–H groups in total. The number of methoxy groups -OCH3 is 1. The molecule has 1 atom stereocenters. The van der Waals surface area contributed by atoms with Crippen molar-refractivity contribution < 1.29 is 9.47 Å². The van der Waals surface area contributed by atoms with Gasteiger partial charge in [0.05, 0.1) is 11.6 Å². The molecule has 1 aromatic carbocycles. The van der Waals surface area contributed by atoms with E-state index in [1.807, 2.05) is 6.07 Å². The number of hydrogen-bond acceptors (Lipinski definition) is 3. The lowest BCUT2D eigenvalue weighted by Gasteiger charge is -2.41. The first-order valence-corrected chi connectivity index (χ1v) is 6.68. The molecule has 1 aliphatic heterocycles. The minimum Gasteiger partial charge on any atom is -0.381 e. The van der Waals surface area contributed by atoms with Gasteiger partial charge in [-0.15, -0.1) is 0 Å². The zero-order valence-electron chi connectivity index (χ0n) is 10.3. The normalized spacial score (nSPS) is 20.7. The van der Waals surface area contributed by atoms with Crippen molar-refractivity contribution in [2.45, 2.75) is 24.5 Å². The van der Waals surface area contributed by atoms with E-state index >= 15 is 0 Å². The fourth-order valence-electron chi connectivity index (χ4n) is 2.40. The van der Waals surface area contributed by atoms with Crippen molar-refractivity contribution in [3.05, 3.63) is 33.8 Å². The van der Waals surface area contributed by atoms with Crippen LogP contribution in [-0.4, -0.2) is 25.9 Å². The van der Waals surface area contributed by atoms with Gasteiger partial charge >= 0.3 is 0 Å². The Labute approximate surface area is 117 Å². The predicted octanol–water partition coefficient (Wildman–Crippen LogP) is 3.19. The standard InChI is InChI=1S/C13H17Cl2NO2/c1-17-13(4-6-18-7-5-13)12(16)10-8-9(14)2-3-11(10)15/h2-3,8,12H,4-7,16H2,1H3. The summed E-state index contributed by atoms with van der Waals surface area (Å²) in [5.41, 5.74) is 6.76. The SMILES string of the molecule is COC1(C(N)c2cc(Cl)ccc2Cl)CCOCC1. The Bertz CT molecular complexity index is 419. The van der Waals surface area contributed by atoms with Gasteiger partial charge in [-0.05, 0) is 23.8 Å². The molecule has 0 bridgehead atoms. The summed E-state index contributed by atoms with van der Waals surface area (Å²) in [6.07, 6.45) is 1.51. The van der Waals surface area contributed by atoms with Gasteiger partial charge in [0.15, 0.2) is 0 Å². The van der Waals surface area contributed by atoms with Crippen LogP contribution in [0, 0.1) is 0 Å². The molecule has 1 heterocycles. The lowest BCUT2D eigenvalue weighted by atomic mass is 9.82. The van der Waals surface area contributed by atoms with E-state index in [0.717, 1.165) is 18.4 Å². The lowest BCUT2D eigenvalue weighted by molar-refractivity contribution is -0.105. The smallest absolute Gasteiger partial charge is 0.0914 e. The van der Waals surface area contributed by atoms with E-state index in [1.165, 1.54) is 0 Å². The molecule has 1 aliphatic rings. The zero-order chi connectivity index (χ0) is 13.2. The molecule has 100 valence electrons. The number of nitrogens with two attached hydrogens (primary N) is 1. The maximum atomic E-state index is 6.36. The molecule has 2 rings (SSSR count). The molecule has 0 radical (unpaired) electrons. The first-order valence-electron chi connectivity index (χ1n) is 5.92. The van der Waals surface area contributed by atoms with Gasteiger partial charge in [-0.1, -0.05) is 23.2 Å². The molecule has 3 nitrogen and oxygen atoms in total. The van der Waals surface area contributed by atoms with Gasteiger partial charge < -0.3 is 15.2 Å². The minimum atomic E-state index is -0.424. The summed E-state index contributed by atoms with van der Waals surface area (Å²) in [6.45, 7) is 1.31. The molecule has 1 aromatic rings. The Morgan fingerprint density at radius 3 is 2.61 bits per heavy atom. The maximum Gasteiger partial charge on any atom is 0.0914 e. The highest BCUT2D eigenvalue weighted by atomic mass is 35.5. The van der Waals surface area contributed by atoms with Crippen LogP contribution >= 0.6 is 23.2 Å². The highest BCUT2D eigenvalue weighted by molar-refractivity contribution is 6.33. The Morgan fingerprint density at radius 1 is 1.33 bits per heavy atom. The molecule has 1 unspecified atom stereocenters. The molecule has 0 aromatic heterocycles. The number of hydrogen-bond donors (Lipinski definition) is 1. The van der Waals surface area contributed by atoms with Crippen LogP contribution in [0.5, 0.6) is 0 Å². The largest absolute Gasteiger partial charge is 0.381 e. The first kappa shape index (κ1) is 14.1. The molecule has 1 fully saturated rings. The van der Waals surface area contributed by atoms with Gasteiger partial charge in [0, 0.05) is 43.2 Å². The van der Waals surface area contributed by atoms with Crippen molar-refractivity contribution in [2.75, 3.05) is 20.3 Å². The minimum absolute atomic E-state index is 0.308. The van der Waals surface area contributed by atoms with Crippen LogP contribution in [0.4, 0.5) is 0 Å². The summed E-state index contributed by atoms with van der Waals surface area (Å²) in [5, 5.41) is 1.25. The van der Waals surface area contributed by atoms with Gasteiger partial charge in [0.1, 0.15) is 0 Å². The molecular weight excluding hydrogens is 273 g/mol. The zero-order valence-corrected chi connectivity index (χ0v) is 11.8. The van der Waals surface area contributed by atoms with Crippen molar-refractivity contribution >= 4 is 23.2 Å². The van der Waals surface area contributed by atoms with Crippen LogP contribution in [-0.2, 0) is 9.47 Å². The lowest BCUT2D eigenvalue weighted by Crippen LogP contribution is -2.47. The molecule has 5 heteroatoms. The average Bonchev–Trinajstić information content (AvgIpc) is 2.41.